The molecule has 0 saturated carbocycles. The smallest absolute Gasteiger partial charge is 0.240 e. The van der Waals surface area contributed by atoms with Crippen LogP contribution in [-0.2, 0) is 11.3 Å². The van der Waals surface area contributed by atoms with Crippen molar-refractivity contribution in [1.29, 1.82) is 0 Å². The van der Waals surface area contributed by atoms with Crippen molar-refractivity contribution >= 4 is 32.6 Å². The number of nitrogens with one attached hydrogen (secondary N) is 1. The molecule has 2 aromatic carbocycles. The number of likely N-dealkylation sites (N-methyl/N-ethyl adjacent to an activating group) is 1. The van der Waals surface area contributed by atoms with Crippen molar-refractivity contribution in [3.63, 3.8) is 0 Å². The van der Waals surface area contributed by atoms with Crippen LogP contribution < -0.4 is 5.32 Å². The average Bonchev–Trinajstić information content (AvgIpc) is 2.90. The number of fused-ring (bicyclic) bond motifs is 1. The first kappa shape index (κ1) is 16.5. The van der Waals surface area contributed by atoms with Gasteiger partial charge < -0.3 is 5.32 Å². The number of rotatable bonds is 5. The third kappa shape index (κ3) is 4.12. The van der Waals surface area contributed by atoms with Crippen LogP contribution in [0.4, 0.5) is 13.9 Å². The molecule has 3 rings (SSSR count). The first-order valence-electron chi connectivity index (χ1n) is 7.28. The number of aromatic nitrogens is 1. The summed E-state index contributed by atoms with van der Waals surface area (Å²) in [6.07, 6.45) is 0. The topological polar surface area (TPSA) is 45.2 Å². The molecule has 0 fully saturated rings. The molecule has 0 radical (unpaired) electrons. The predicted molar refractivity (Wildman–Crippen MR) is 90.9 cm³/mol. The predicted octanol–water partition coefficient (Wildman–Crippen LogP) is 3.65. The summed E-state index contributed by atoms with van der Waals surface area (Å²) in [7, 11) is 1.80. The normalized spacial score (nSPS) is 11.2. The van der Waals surface area contributed by atoms with Crippen LogP contribution in [0.2, 0.25) is 0 Å². The SMILES string of the molecule is CN(CC(=O)Nc1nc2ccc(F)cc2s1)Cc1ccc(F)cc1. The lowest BCUT2D eigenvalue weighted by Gasteiger charge is -2.15. The molecule has 0 atom stereocenters. The van der Waals surface area contributed by atoms with Crippen molar-refractivity contribution in [2.45, 2.75) is 6.54 Å². The molecule has 7 heteroatoms. The Kier molecular flexibility index (Phi) is 4.82. The fourth-order valence-corrected chi connectivity index (χ4v) is 3.22. The van der Waals surface area contributed by atoms with E-state index in [0.717, 1.165) is 5.56 Å². The van der Waals surface area contributed by atoms with Crippen LogP contribution in [0.15, 0.2) is 42.5 Å². The van der Waals surface area contributed by atoms with E-state index in [2.05, 4.69) is 10.3 Å². The quantitative estimate of drug-likeness (QED) is 0.766. The van der Waals surface area contributed by atoms with E-state index in [4.69, 9.17) is 0 Å². The maximum Gasteiger partial charge on any atom is 0.240 e. The molecule has 1 heterocycles. The lowest BCUT2D eigenvalue weighted by Crippen LogP contribution is -2.29. The Balaban J connectivity index is 1.58. The van der Waals surface area contributed by atoms with Gasteiger partial charge in [-0.3, -0.25) is 9.69 Å². The maximum atomic E-state index is 13.2. The van der Waals surface area contributed by atoms with Gasteiger partial charge in [-0.1, -0.05) is 23.5 Å². The number of nitrogens with zero attached hydrogens (tertiary/aromatic N) is 2. The van der Waals surface area contributed by atoms with Crippen LogP contribution >= 0.6 is 11.3 Å². The Hall–Kier alpha value is -2.38. The number of benzene rings is 2. The lowest BCUT2D eigenvalue weighted by atomic mass is 10.2. The molecule has 0 saturated heterocycles. The second kappa shape index (κ2) is 7.02. The Morgan fingerprint density at radius 3 is 2.62 bits per heavy atom. The summed E-state index contributed by atoms with van der Waals surface area (Å²) >= 11 is 1.23. The molecular weight excluding hydrogens is 332 g/mol. The number of hydrogen-bond acceptors (Lipinski definition) is 4. The molecule has 0 aliphatic carbocycles. The molecule has 124 valence electrons. The molecule has 0 bridgehead atoms. The van der Waals surface area contributed by atoms with Crippen LogP contribution in [0, 0.1) is 11.6 Å². The van der Waals surface area contributed by atoms with Gasteiger partial charge in [0, 0.05) is 6.54 Å². The van der Waals surface area contributed by atoms with E-state index in [-0.39, 0.29) is 24.1 Å². The highest BCUT2D eigenvalue weighted by atomic mass is 32.1. The van der Waals surface area contributed by atoms with Crippen LogP contribution in [-0.4, -0.2) is 29.4 Å². The minimum absolute atomic E-state index is 0.168. The maximum absolute atomic E-state index is 13.2. The van der Waals surface area contributed by atoms with Crippen molar-refractivity contribution in [1.82, 2.24) is 9.88 Å². The number of thiazole rings is 1. The molecule has 1 aromatic heterocycles. The van der Waals surface area contributed by atoms with E-state index in [0.29, 0.717) is 21.9 Å². The highest BCUT2D eigenvalue weighted by Crippen LogP contribution is 2.26. The highest BCUT2D eigenvalue weighted by Gasteiger charge is 2.11. The van der Waals surface area contributed by atoms with Gasteiger partial charge in [0.15, 0.2) is 5.13 Å². The number of hydrogen-bond donors (Lipinski definition) is 1. The molecule has 3 aromatic rings. The number of amides is 1. The lowest BCUT2D eigenvalue weighted by molar-refractivity contribution is -0.117. The molecule has 0 aliphatic rings. The average molecular weight is 347 g/mol. The molecule has 4 nitrogen and oxygen atoms in total. The van der Waals surface area contributed by atoms with Gasteiger partial charge in [0.25, 0.3) is 0 Å². The number of carbonyl (C=O) groups is 1. The summed E-state index contributed by atoms with van der Waals surface area (Å²) in [5.41, 5.74) is 1.57. The van der Waals surface area contributed by atoms with Crippen molar-refractivity contribution in [2.24, 2.45) is 0 Å². The molecule has 24 heavy (non-hydrogen) atoms. The minimum atomic E-state index is -0.331. The van der Waals surface area contributed by atoms with Crippen LogP contribution in [0.25, 0.3) is 10.2 Å². The van der Waals surface area contributed by atoms with Gasteiger partial charge >= 0.3 is 0 Å². The summed E-state index contributed by atoms with van der Waals surface area (Å²) in [5.74, 6) is -0.825. The Labute approximate surface area is 141 Å². The largest absolute Gasteiger partial charge is 0.301 e. The zero-order chi connectivity index (χ0) is 17.1. The van der Waals surface area contributed by atoms with E-state index in [1.807, 2.05) is 4.90 Å². The Morgan fingerprint density at radius 1 is 1.17 bits per heavy atom. The number of halogens is 2. The van der Waals surface area contributed by atoms with Crippen LogP contribution in [0.5, 0.6) is 0 Å². The Morgan fingerprint density at radius 2 is 1.88 bits per heavy atom. The van der Waals surface area contributed by atoms with Crippen LogP contribution in [0.1, 0.15) is 5.56 Å². The number of carbonyl (C=O) groups excluding carboxylic acids is 1. The van der Waals surface area contributed by atoms with Gasteiger partial charge in [-0.2, -0.15) is 0 Å². The van der Waals surface area contributed by atoms with E-state index < -0.39 is 0 Å². The molecule has 0 unspecified atom stereocenters. The molecule has 0 spiro atoms. The van der Waals surface area contributed by atoms with Gasteiger partial charge in [0.2, 0.25) is 5.91 Å². The van der Waals surface area contributed by atoms with Crippen molar-refractivity contribution in [2.75, 3.05) is 18.9 Å². The van der Waals surface area contributed by atoms with Gasteiger partial charge in [0.05, 0.1) is 16.8 Å². The standard InChI is InChI=1S/C17H15F2N3OS/c1-22(9-11-2-4-12(18)5-3-11)10-16(23)21-17-20-14-7-6-13(19)8-15(14)24-17/h2-8H,9-10H2,1H3,(H,20,21,23). The first-order chi connectivity index (χ1) is 11.5. The first-order valence-corrected chi connectivity index (χ1v) is 8.10. The van der Waals surface area contributed by atoms with E-state index in [1.165, 1.54) is 35.6 Å². The van der Waals surface area contributed by atoms with E-state index >= 15 is 0 Å². The fourth-order valence-electron chi connectivity index (χ4n) is 2.31. The van der Waals surface area contributed by atoms with Crippen molar-refractivity contribution < 1.29 is 13.6 Å². The Bertz CT molecular complexity index is 864. The summed E-state index contributed by atoms with van der Waals surface area (Å²) in [6.45, 7) is 0.695. The molecule has 1 amide bonds. The molecule has 0 aliphatic heterocycles. The fraction of sp³-hybridized carbons (Fsp3) is 0.176. The highest BCUT2D eigenvalue weighted by molar-refractivity contribution is 7.22. The van der Waals surface area contributed by atoms with Crippen molar-refractivity contribution in [3.05, 3.63) is 59.7 Å². The van der Waals surface area contributed by atoms with Gasteiger partial charge in [0.1, 0.15) is 11.6 Å². The summed E-state index contributed by atoms with van der Waals surface area (Å²) in [5, 5.41) is 3.16. The summed E-state index contributed by atoms with van der Waals surface area (Å²) < 4.78 is 26.7. The third-order valence-electron chi connectivity index (χ3n) is 3.38. The van der Waals surface area contributed by atoms with E-state index in [1.54, 1.807) is 25.2 Å². The van der Waals surface area contributed by atoms with Gasteiger partial charge in [-0.05, 0) is 42.9 Å². The van der Waals surface area contributed by atoms with Crippen molar-refractivity contribution in [3.8, 4) is 0 Å². The second-order valence-corrected chi connectivity index (χ2v) is 6.51. The van der Waals surface area contributed by atoms with Crippen LogP contribution in [0.3, 0.4) is 0 Å². The zero-order valence-corrected chi connectivity index (χ0v) is 13.7. The van der Waals surface area contributed by atoms with E-state index in [9.17, 15) is 13.6 Å². The summed E-state index contributed by atoms with van der Waals surface area (Å²) in [4.78, 5) is 18.2. The van der Waals surface area contributed by atoms with Gasteiger partial charge in [-0.25, -0.2) is 13.8 Å². The zero-order valence-electron chi connectivity index (χ0n) is 12.9. The number of anilines is 1. The molecule has 1 N–H and O–H groups in total. The third-order valence-corrected chi connectivity index (χ3v) is 4.31. The minimum Gasteiger partial charge on any atom is -0.301 e. The van der Waals surface area contributed by atoms with Gasteiger partial charge in [-0.15, -0.1) is 0 Å². The molecular formula is C17H15F2N3OS. The monoisotopic (exact) mass is 347 g/mol. The second-order valence-electron chi connectivity index (χ2n) is 5.48. The summed E-state index contributed by atoms with van der Waals surface area (Å²) in [6, 6.07) is 10.5.